The van der Waals surface area contributed by atoms with E-state index in [9.17, 15) is 18.4 Å². The Labute approximate surface area is 135 Å². The van der Waals surface area contributed by atoms with Crippen molar-refractivity contribution in [3.05, 3.63) is 66.0 Å². The van der Waals surface area contributed by atoms with Gasteiger partial charge in [-0.25, -0.2) is 4.98 Å². The van der Waals surface area contributed by atoms with Crippen molar-refractivity contribution in [2.75, 3.05) is 0 Å². The molecule has 0 spiro atoms. The van der Waals surface area contributed by atoms with Crippen molar-refractivity contribution in [3.8, 4) is 28.8 Å². The number of rotatable bonds is 2. The Morgan fingerprint density at radius 3 is 2.00 bits per heavy atom. The first-order chi connectivity index (χ1) is 11.5. The smallest absolute Gasteiger partial charge is 0.255 e. The zero-order valence-corrected chi connectivity index (χ0v) is 12.1. The van der Waals surface area contributed by atoms with E-state index in [0.29, 0.717) is 0 Å². The number of halogens is 3. The van der Waals surface area contributed by atoms with Crippen LogP contribution < -0.4 is 0 Å². The Balaban J connectivity index is 2.34. The molecular weight excluding hydrogens is 317 g/mol. The molecule has 0 amide bonds. The van der Waals surface area contributed by atoms with Crippen molar-refractivity contribution < 1.29 is 13.2 Å². The van der Waals surface area contributed by atoms with Gasteiger partial charge < -0.3 is 0 Å². The van der Waals surface area contributed by atoms with E-state index in [1.807, 2.05) is 0 Å². The summed E-state index contributed by atoms with van der Waals surface area (Å²) in [5, 5.41) is 9.25. The molecule has 0 aliphatic heterocycles. The van der Waals surface area contributed by atoms with Crippen LogP contribution in [0.4, 0.5) is 13.2 Å². The molecule has 0 bridgehead atoms. The molecule has 3 heterocycles. The molecule has 0 radical (unpaired) electrons. The van der Waals surface area contributed by atoms with Gasteiger partial charge >= 0.3 is 6.18 Å². The van der Waals surface area contributed by atoms with Gasteiger partial charge in [0.2, 0.25) is 0 Å². The zero-order valence-electron chi connectivity index (χ0n) is 12.1. The van der Waals surface area contributed by atoms with Crippen LogP contribution in [0.1, 0.15) is 11.1 Å². The van der Waals surface area contributed by atoms with E-state index in [1.54, 1.807) is 36.4 Å². The van der Waals surface area contributed by atoms with Crippen LogP contribution >= 0.6 is 0 Å². The molecule has 7 heteroatoms. The Bertz CT molecular complexity index is 901. The second-order valence-electron chi connectivity index (χ2n) is 4.82. The summed E-state index contributed by atoms with van der Waals surface area (Å²) in [6.07, 6.45) is -1.80. The SMILES string of the molecule is N#Cc1c(C(F)(F)F)cc(-c2ccccn2)nc1-c1ccccn1. The third kappa shape index (κ3) is 2.94. The van der Waals surface area contributed by atoms with Crippen molar-refractivity contribution in [2.45, 2.75) is 6.18 Å². The fraction of sp³-hybridized carbons (Fsp3) is 0.0588. The molecule has 0 saturated heterocycles. The van der Waals surface area contributed by atoms with Crippen molar-refractivity contribution >= 4 is 0 Å². The van der Waals surface area contributed by atoms with Gasteiger partial charge in [0.1, 0.15) is 11.8 Å². The Kier molecular flexibility index (Phi) is 3.96. The molecular formula is C17H9F3N4. The standard InChI is InChI=1S/C17H9F3N4/c18-17(19,20)12-9-15(13-5-1-3-7-22-13)24-16(11(12)10-21)14-6-2-4-8-23-14/h1-9H. The Hall–Kier alpha value is -3.27. The lowest BCUT2D eigenvalue weighted by Gasteiger charge is -2.14. The van der Waals surface area contributed by atoms with Gasteiger partial charge in [-0.2, -0.15) is 18.4 Å². The fourth-order valence-corrected chi connectivity index (χ4v) is 2.22. The number of pyridine rings is 3. The van der Waals surface area contributed by atoms with Crippen LogP contribution in [0.2, 0.25) is 0 Å². The molecule has 24 heavy (non-hydrogen) atoms. The van der Waals surface area contributed by atoms with E-state index in [0.717, 1.165) is 6.07 Å². The molecule has 0 aromatic carbocycles. The van der Waals surface area contributed by atoms with Crippen molar-refractivity contribution in [1.29, 1.82) is 5.26 Å². The quantitative estimate of drug-likeness (QED) is 0.711. The minimum absolute atomic E-state index is 0.0302. The number of aromatic nitrogens is 3. The molecule has 4 nitrogen and oxygen atoms in total. The maximum atomic E-state index is 13.4. The number of alkyl halides is 3. The molecule has 0 N–H and O–H groups in total. The Morgan fingerprint density at radius 1 is 0.875 bits per heavy atom. The number of hydrogen-bond donors (Lipinski definition) is 0. The second kappa shape index (κ2) is 6.08. The first-order valence-electron chi connectivity index (χ1n) is 6.86. The third-order valence-corrected chi connectivity index (χ3v) is 3.27. The first kappa shape index (κ1) is 15.6. The number of nitrogens with zero attached hydrogens (tertiary/aromatic N) is 4. The van der Waals surface area contributed by atoms with Crippen molar-refractivity contribution in [3.63, 3.8) is 0 Å². The molecule has 3 aromatic rings. The lowest BCUT2D eigenvalue weighted by molar-refractivity contribution is -0.137. The van der Waals surface area contributed by atoms with E-state index in [1.165, 1.54) is 18.5 Å². The highest BCUT2D eigenvalue weighted by Crippen LogP contribution is 2.37. The summed E-state index contributed by atoms with van der Waals surface area (Å²) < 4.78 is 40.2. The summed E-state index contributed by atoms with van der Waals surface area (Å²) in [6, 6.07) is 12.0. The highest BCUT2D eigenvalue weighted by molar-refractivity contribution is 5.70. The molecule has 3 rings (SSSR count). The van der Waals surface area contributed by atoms with Gasteiger partial charge in [-0.05, 0) is 30.3 Å². The molecule has 3 aromatic heterocycles. The van der Waals surface area contributed by atoms with Crippen LogP contribution in [0, 0.1) is 11.3 Å². The summed E-state index contributed by atoms with van der Waals surface area (Å²) in [5.41, 5.74) is -1.22. The maximum absolute atomic E-state index is 13.4. The van der Waals surface area contributed by atoms with E-state index in [2.05, 4.69) is 15.0 Å². The summed E-state index contributed by atoms with van der Waals surface area (Å²) >= 11 is 0. The van der Waals surface area contributed by atoms with Crippen LogP contribution in [0.25, 0.3) is 22.8 Å². The molecule has 0 aliphatic rings. The zero-order chi connectivity index (χ0) is 17.2. The van der Waals surface area contributed by atoms with Gasteiger partial charge in [-0.1, -0.05) is 12.1 Å². The van der Waals surface area contributed by atoms with E-state index in [4.69, 9.17) is 0 Å². The van der Waals surface area contributed by atoms with E-state index < -0.39 is 17.3 Å². The first-order valence-corrected chi connectivity index (χ1v) is 6.86. The summed E-state index contributed by atoms with van der Waals surface area (Å²) in [5.74, 6) is 0. The average Bonchev–Trinajstić information content (AvgIpc) is 2.61. The van der Waals surface area contributed by atoms with Gasteiger partial charge in [0.15, 0.2) is 0 Å². The van der Waals surface area contributed by atoms with Crippen LogP contribution in [-0.2, 0) is 6.18 Å². The average molecular weight is 326 g/mol. The molecule has 0 aliphatic carbocycles. The number of hydrogen-bond acceptors (Lipinski definition) is 4. The largest absolute Gasteiger partial charge is 0.417 e. The van der Waals surface area contributed by atoms with E-state index >= 15 is 0 Å². The van der Waals surface area contributed by atoms with Crippen molar-refractivity contribution in [1.82, 2.24) is 15.0 Å². The maximum Gasteiger partial charge on any atom is 0.417 e. The van der Waals surface area contributed by atoms with Gasteiger partial charge in [0, 0.05) is 12.4 Å². The van der Waals surface area contributed by atoms with Gasteiger partial charge in [0.05, 0.1) is 28.2 Å². The van der Waals surface area contributed by atoms with Gasteiger partial charge in [-0.15, -0.1) is 0 Å². The van der Waals surface area contributed by atoms with Crippen LogP contribution in [0.15, 0.2) is 54.9 Å². The third-order valence-electron chi connectivity index (χ3n) is 3.27. The summed E-state index contributed by atoms with van der Waals surface area (Å²) in [6.45, 7) is 0. The molecule has 0 unspecified atom stereocenters. The lowest BCUT2D eigenvalue weighted by atomic mass is 10.0. The van der Waals surface area contributed by atoms with Crippen molar-refractivity contribution in [2.24, 2.45) is 0 Å². The minimum atomic E-state index is -4.69. The topological polar surface area (TPSA) is 62.5 Å². The predicted molar refractivity (Wildman–Crippen MR) is 80.4 cm³/mol. The normalized spacial score (nSPS) is 11.1. The minimum Gasteiger partial charge on any atom is -0.255 e. The predicted octanol–water partition coefficient (Wildman–Crippen LogP) is 4.10. The second-order valence-corrected chi connectivity index (χ2v) is 4.82. The van der Waals surface area contributed by atoms with E-state index in [-0.39, 0.29) is 22.8 Å². The summed E-state index contributed by atoms with van der Waals surface area (Å²) in [7, 11) is 0. The number of nitriles is 1. The van der Waals surface area contributed by atoms with Gasteiger partial charge in [0.25, 0.3) is 0 Å². The Morgan fingerprint density at radius 2 is 1.50 bits per heavy atom. The fourth-order valence-electron chi connectivity index (χ4n) is 2.22. The van der Waals surface area contributed by atoms with Crippen LogP contribution in [0.3, 0.4) is 0 Å². The molecule has 0 saturated carbocycles. The monoisotopic (exact) mass is 326 g/mol. The lowest BCUT2D eigenvalue weighted by Crippen LogP contribution is -2.11. The van der Waals surface area contributed by atoms with Crippen LogP contribution in [0.5, 0.6) is 0 Å². The molecule has 0 atom stereocenters. The van der Waals surface area contributed by atoms with Crippen LogP contribution in [-0.4, -0.2) is 15.0 Å². The molecule has 118 valence electrons. The van der Waals surface area contributed by atoms with Gasteiger partial charge in [-0.3, -0.25) is 9.97 Å². The molecule has 0 fully saturated rings. The highest BCUT2D eigenvalue weighted by atomic mass is 19.4. The summed E-state index contributed by atoms with van der Waals surface area (Å²) in [4.78, 5) is 12.3. The highest BCUT2D eigenvalue weighted by Gasteiger charge is 2.36.